The van der Waals surface area contributed by atoms with Crippen LogP contribution >= 0.6 is 49.0 Å². The van der Waals surface area contributed by atoms with Crippen molar-refractivity contribution >= 4 is 65.7 Å². The molecular weight excluding hydrogens is 471 g/mol. The van der Waals surface area contributed by atoms with E-state index < -0.39 is 0 Å². The summed E-state index contributed by atoms with van der Waals surface area (Å²) in [5.41, 5.74) is 3.57. The lowest BCUT2D eigenvalue weighted by molar-refractivity contribution is 0.288. The highest BCUT2D eigenvalue weighted by atomic mass is 35.5. The average molecular weight is 506 g/mol. The molecule has 0 radical (unpaired) electrons. The largest absolute Gasteiger partial charge is 0.372 e. The molecule has 0 atom stereocenters. The zero-order chi connectivity index (χ0) is 19.9. The van der Waals surface area contributed by atoms with Crippen molar-refractivity contribution in [1.82, 2.24) is 14.5 Å². The second-order valence-corrected chi connectivity index (χ2v) is 7.87. The van der Waals surface area contributed by atoms with Gasteiger partial charge in [0.2, 0.25) is 0 Å². The maximum atomic E-state index is 4.92. The molecule has 0 spiro atoms. The molecule has 0 saturated heterocycles. The van der Waals surface area contributed by atoms with Crippen LogP contribution in [0.2, 0.25) is 0 Å². The Morgan fingerprint density at radius 2 is 1.42 bits per heavy atom. The first-order valence-corrected chi connectivity index (χ1v) is 11.2. The fourth-order valence-electron chi connectivity index (χ4n) is 3.55. The van der Waals surface area contributed by atoms with Crippen LogP contribution in [0, 0.1) is 0 Å². The van der Waals surface area contributed by atoms with Crippen LogP contribution in [0.3, 0.4) is 0 Å². The average Bonchev–Trinajstić information content (AvgIpc) is 3.08. The number of hydrogen-bond donors (Lipinski definition) is 0. The summed E-state index contributed by atoms with van der Waals surface area (Å²) < 4.78 is 2.37. The number of aromatic nitrogens is 2. The first-order valence-electron chi connectivity index (χ1n) is 10.4. The standard InChI is InChI=1S/C23H32N4S.3ClH/c1-5-25(6-2)17-18-27-22-12-10-9-11-21(22)24-23(27)28-20-15-13-19(14-16-20)26(7-3)8-4;;;/h9-16H,5-8,17-18H2,1-4H3;3*1H. The van der Waals surface area contributed by atoms with E-state index >= 15 is 0 Å². The quantitative estimate of drug-likeness (QED) is 0.308. The van der Waals surface area contributed by atoms with Gasteiger partial charge < -0.3 is 14.4 Å². The lowest BCUT2D eigenvalue weighted by Gasteiger charge is -2.21. The van der Waals surface area contributed by atoms with Crippen LogP contribution < -0.4 is 4.90 Å². The smallest absolute Gasteiger partial charge is 0.173 e. The summed E-state index contributed by atoms with van der Waals surface area (Å²) in [6, 6.07) is 17.3. The number of likely N-dealkylation sites (N-methyl/N-ethyl adjacent to an activating group) is 1. The number of benzene rings is 2. The maximum absolute atomic E-state index is 4.92. The molecular formula is C23H35Cl3N4S. The minimum absolute atomic E-state index is 0. The molecule has 0 N–H and O–H groups in total. The highest BCUT2D eigenvalue weighted by Gasteiger charge is 2.13. The van der Waals surface area contributed by atoms with Crippen molar-refractivity contribution in [3.05, 3.63) is 48.5 Å². The summed E-state index contributed by atoms with van der Waals surface area (Å²) >= 11 is 1.76. The zero-order valence-corrected chi connectivity index (χ0v) is 22.0. The lowest BCUT2D eigenvalue weighted by Crippen LogP contribution is -2.27. The lowest BCUT2D eigenvalue weighted by atomic mass is 10.3. The van der Waals surface area contributed by atoms with E-state index in [4.69, 9.17) is 4.98 Å². The van der Waals surface area contributed by atoms with Crippen LogP contribution in [0.25, 0.3) is 11.0 Å². The van der Waals surface area contributed by atoms with Crippen LogP contribution in [0.5, 0.6) is 0 Å². The Bertz CT molecular complexity index is 878. The van der Waals surface area contributed by atoms with Gasteiger partial charge in [0.25, 0.3) is 0 Å². The number of hydrogen-bond acceptors (Lipinski definition) is 4. The molecule has 3 rings (SSSR count). The Labute approximate surface area is 210 Å². The van der Waals surface area contributed by atoms with E-state index in [1.807, 2.05) is 0 Å². The Balaban J connectivity index is 0.00000300. The predicted octanol–water partition coefficient (Wildman–Crippen LogP) is 6.64. The molecule has 0 aliphatic carbocycles. The van der Waals surface area contributed by atoms with Crippen molar-refractivity contribution in [2.24, 2.45) is 0 Å². The van der Waals surface area contributed by atoms with Crippen molar-refractivity contribution in [2.75, 3.05) is 37.6 Å². The Morgan fingerprint density at radius 1 is 0.806 bits per heavy atom. The van der Waals surface area contributed by atoms with Gasteiger partial charge in [-0.1, -0.05) is 37.7 Å². The molecule has 0 unspecified atom stereocenters. The number of rotatable bonds is 10. The monoisotopic (exact) mass is 504 g/mol. The number of halogens is 3. The zero-order valence-electron chi connectivity index (χ0n) is 18.8. The second kappa shape index (κ2) is 14.9. The van der Waals surface area contributed by atoms with Crippen molar-refractivity contribution in [3.63, 3.8) is 0 Å². The van der Waals surface area contributed by atoms with E-state index in [-0.39, 0.29) is 37.2 Å². The fraction of sp³-hybridized carbons (Fsp3) is 0.435. The van der Waals surface area contributed by atoms with Gasteiger partial charge in [0, 0.05) is 36.8 Å². The Hall–Kier alpha value is -1.11. The van der Waals surface area contributed by atoms with Crippen molar-refractivity contribution < 1.29 is 0 Å². The van der Waals surface area contributed by atoms with E-state index in [1.165, 1.54) is 16.1 Å². The van der Waals surface area contributed by atoms with Gasteiger partial charge >= 0.3 is 0 Å². The highest BCUT2D eigenvalue weighted by molar-refractivity contribution is 7.99. The molecule has 31 heavy (non-hydrogen) atoms. The number of para-hydroxylation sites is 2. The van der Waals surface area contributed by atoms with Crippen LogP contribution in [0.15, 0.2) is 58.6 Å². The summed E-state index contributed by atoms with van der Waals surface area (Å²) in [6.45, 7) is 15.1. The third-order valence-electron chi connectivity index (χ3n) is 5.33. The number of anilines is 1. The molecule has 174 valence electrons. The Morgan fingerprint density at radius 3 is 2.00 bits per heavy atom. The van der Waals surface area contributed by atoms with Crippen molar-refractivity contribution in [1.29, 1.82) is 0 Å². The van der Waals surface area contributed by atoms with E-state index in [1.54, 1.807) is 11.8 Å². The number of fused-ring (bicyclic) bond motifs is 1. The fourth-order valence-corrected chi connectivity index (χ4v) is 4.47. The van der Waals surface area contributed by atoms with Gasteiger partial charge in [0.05, 0.1) is 11.0 Å². The van der Waals surface area contributed by atoms with Crippen LogP contribution in [-0.2, 0) is 6.54 Å². The predicted molar refractivity (Wildman–Crippen MR) is 143 cm³/mol. The van der Waals surface area contributed by atoms with Crippen LogP contribution in [0.4, 0.5) is 5.69 Å². The van der Waals surface area contributed by atoms with Gasteiger partial charge in [-0.05, 0) is 63.3 Å². The molecule has 0 bridgehead atoms. The van der Waals surface area contributed by atoms with Crippen LogP contribution in [-0.4, -0.2) is 47.2 Å². The maximum Gasteiger partial charge on any atom is 0.173 e. The SMILES string of the molecule is CCN(CC)CCn1c(Sc2ccc(N(CC)CC)cc2)nc2ccccc21.Cl.Cl.Cl. The van der Waals surface area contributed by atoms with Crippen molar-refractivity contribution in [2.45, 2.75) is 44.3 Å². The molecule has 8 heteroatoms. The molecule has 0 aliphatic heterocycles. The van der Waals surface area contributed by atoms with E-state index in [2.05, 4.69) is 90.6 Å². The second-order valence-electron chi connectivity index (χ2n) is 6.83. The molecule has 0 amide bonds. The molecule has 2 aromatic carbocycles. The molecule has 0 fully saturated rings. The first kappa shape index (κ1) is 29.9. The van der Waals surface area contributed by atoms with Crippen LogP contribution in [0.1, 0.15) is 27.7 Å². The highest BCUT2D eigenvalue weighted by Crippen LogP contribution is 2.31. The third-order valence-corrected chi connectivity index (χ3v) is 6.33. The summed E-state index contributed by atoms with van der Waals surface area (Å²) in [4.78, 5) is 11.0. The number of nitrogens with zero attached hydrogens (tertiary/aromatic N) is 4. The van der Waals surface area contributed by atoms with Gasteiger partial charge in [0.1, 0.15) is 0 Å². The van der Waals surface area contributed by atoms with E-state index in [0.29, 0.717) is 0 Å². The molecule has 1 aromatic heterocycles. The van der Waals surface area contributed by atoms with Gasteiger partial charge in [-0.25, -0.2) is 4.98 Å². The number of imidazole rings is 1. The van der Waals surface area contributed by atoms with Gasteiger partial charge in [0.15, 0.2) is 5.16 Å². The van der Waals surface area contributed by atoms with Crippen molar-refractivity contribution in [3.8, 4) is 0 Å². The normalized spacial score (nSPS) is 10.4. The summed E-state index contributed by atoms with van der Waals surface area (Å²) in [7, 11) is 0. The Kier molecular flexibility index (Phi) is 14.3. The molecule has 4 nitrogen and oxygen atoms in total. The van der Waals surface area contributed by atoms with E-state index in [0.717, 1.165) is 49.9 Å². The molecule has 0 saturated carbocycles. The topological polar surface area (TPSA) is 24.3 Å². The summed E-state index contributed by atoms with van der Waals surface area (Å²) in [5.74, 6) is 0. The van der Waals surface area contributed by atoms with Gasteiger partial charge in [-0.15, -0.1) is 37.2 Å². The third kappa shape index (κ3) is 7.47. The molecule has 1 heterocycles. The van der Waals surface area contributed by atoms with Gasteiger partial charge in [-0.3, -0.25) is 0 Å². The minimum Gasteiger partial charge on any atom is -0.372 e. The summed E-state index contributed by atoms with van der Waals surface area (Å²) in [5, 5.41) is 1.07. The summed E-state index contributed by atoms with van der Waals surface area (Å²) in [6.07, 6.45) is 0. The van der Waals surface area contributed by atoms with E-state index in [9.17, 15) is 0 Å². The molecule has 0 aliphatic rings. The molecule has 3 aromatic rings. The minimum atomic E-state index is 0. The first-order chi connectivity index (χ1) is 13.7. The van der Waals surface area contributed by atoms with Gasteiger partial charge in [-0.2, -0.15) is 0 Å².